The van der Waals surface area contributed by atoms with Crippen LogP contribution in [0.15, 0.2) is 36.8 Å². The highest BCUT2D eigenvalue weighted by molar-refractivity contribution is 5.37. The lowest BCUT2D eigenvalue weighted by atomic mass is 10.2. The fraction of sp³-hybridized carbons (Fsp3) is 0.214. The molecule has 0 bridgehead atoms. The Labute approximate surface area is 129 Å². The zero-order valence-corrected chi connectivity index (χ0v) is 12.1. The second kappa shape index (κ2) is 6.11. The monoisotopic (exact) mass is 322 g/mol. The molecule has 3 rings (SSSR count). The number of pyridine rings is 1. The van der Waals surface area contributed by atoms with Gasteiger partial charge in [-0.3, -0.25) is 4.68 Å². The second-order valence-corrected chi connectivity index (χ2v) is 4.82. The normalized spacial score (nSPS) is 11.2. The number of alkyl halides is 2. The van der Waals surface area contributed by atoms with E-state index in [1.165, 1.54) is 40.1 Å². The summed E-state index contributed by atoms with van der Waals surface area (Å²) in [6.45, 7) is 0.134. The van der Waals surface area contributed by atoms with E-state index in [9.17, 15) is 13.2 Å². The molecule has 0 saturated carbocycles. The first-order chi connectivity index (χ1) is 11.0. The van der Waals surface area contributed by atoms with Crippen LogP contribution in [0, 0.1) is 5.82 Å². The molecule has 6 nitrogen and oxygen atoms in total. The molecule has 120 valence electrons. The van der Waals surface area contributed by atoms with Crippen LogP contribution in [0.2, 0.25) is 0 Å². The van der Waals surface area contributed by atoms with Gasteiger partial charge in [0.15, 0.2) is 11.6 Å². The third-order valence-electron chi connectivity index (χ3n) is 3.15. The lowest BCUT2D eigenvalue weighted by molar-refractivity contribution is 0.144. The summed E-state index contributed by atoms with van der Waals surface area (Å²) in [7, 11) is 1.58. The van der Waals surface area contributed by atoms with Gasteiger partial charge >= 0.3 is 0 Å². The third-order valence-corrected chi connectivity index (χ3v) is 3.15. The SMILES string of the molecule is Cn1cc(CNc2ccn(-c3ncccc3F)n2)c(C(F)F)n1. The molecule has 0 saturated heterocycles. The molecule has 0 aliphatic heterocycles. The Bertz CT molecular complexity index is 810. The van der Waals surface area contributed by atoms with Crippen LogP contribution in [0.25, 0.3) is 5.82 Å². The summed E-state index contributed by atoms with van der Waals surface area (Å²) in [5.74, 6) is -0.0243. The van der Waals surface area contributed by atoms with E-state index in [-0.39, 0.29) is 18.1 Å². The van der Waals surface area contributed by atoms with Gasteiger partial charge in [0.2, 0.25) is 0 Å². The average Bonchev–Trinajstić information content (AvgIpc) is 3.12. The Hall–Kier alpha value is -2.84. The summed E-state index contributed by atoms with van der Waals surface area (Å²) in [6, 6.07) is 4.37. The van der Waals surface area contributed by atoms with Crippen LogP contribution in [0.1, 0.15) is 17.7 Å². The van der Waals surface area contributed by atoms with E-state index in [1.54, 1.807) is 13.1 Å². The van der Waals surface area contributed by atoms with Crippen molar-refractivity contribution in [1.29, 1.82) is 0 Å². The summed E-state index contributed by atoms with van der Waals surface area (Å²) >= 11 is 0. The van der Waals surface area contributed by atoms with Gasteiger partial charge in [0.1, 0.15) is 11.5 Å². The lowest BCUT2D eigenvalue weighted by Crippen LogP contribution is -2.05. The molecule has 0 radical (unpaired) electrons. The fourth-order valence-electron chi connectivity index (χ4n) is 2.14. The Morgan fingerprint density at radius 3 is 2.83 bits per heavy atom. The van der Waals surface area contributed by atoms with Crippen molar-refractivity contribution >= 4 is 5.82 Å². The number of halogens is 3. The largest absolute Gasteiger partial charge is 0.364 e. The van der Waals surface area contributed by atoms with E-state index in [0.717, 1.165) is 0 Å². The zero-order valence-electron chi connectivity index (χ0n) is 12.1. The van der Waals surface area contributed by atoms with E-state index in [1.807, 2.05) is 0 Å². The van der Waals surface area contributed by atoms with E-state index in [0.29, 0.717) is 11.4 Å². The smallest absolute Gasteiger partial charge is 0.282 e. The molecule has 3 aromatic rings. The van der Waals surface area contributed by atoms with Crippen LogP contribution in [-0.4, -0.2) is 24.5 Å². The molecule has 0 amide bonds. The van der Waals surface area contributed by atoms with Crippen molar-refractivity contribution < 1.29 is 13.2 Å². The highest BCUT2D eigenvalue weighted by Crippen LogP contribution is 2.21. The summed E-state index contributed by atoms with van der Waals surface area (Å²) in [6.07, 6.45) is 1.86. The number of aromatic nitrogens is 5. The Morgan fingerprint density at radius 1 is 1.26 bits per heavy atom. The summed E-state index contributed by atoms with van der Waals surface area (Å²) < 4.78 is 42.0. The van der Waals surface area contributed by atoms with E-state index >= 15 is 0 Å². The molecule has 0 aromatic carbocycles. The van der Waals surface area contributed by atoms with Crippen molar-refractivity contribution in [3.8, 4) is 5.82 Å². The van der Waals surface area contributed by atoms with Crippen molar-refractivity contribution in [3.63, 3.8) is 0 Å². The summed E-state index contributed by atoms with van der Waals surface area (Å²) in [4.78, 5) is 3.91. The standard InChI is InChI=1S/C14H13F3N6/c1-22-8-9(12(21-22)13(16)17)7-19-11-4-6-23(20-11)14-10(15)3-2-5-18-14/h2-6,8,13H,7H2,1H3,(H,19,20). The Kier molecular flexibility index (Phi) is 4.00. The molecule has 0 aliphatic rings. The van der Waals surface area contributed by atoms with Crippen LogP contribution in [-0.2, 0) is 13.6 Å². The maximum Gasteiger partial charge on any atom is 0.282 e. The molecule has 3 heterocycles. The van der Waals surface area contributed by atoms with Crippen LogP contribution in [0.4, 0.5) is 19.0 Å². The second-order valence-electron chi connectivity index (χ2n) is 4.82. The molecule has 1 N–H and O–H groups in total. The molecule has 0 atom stereocenters. The minimum absolute atomic E-state index is 0.0650. The average molecular weight is 322 g/mol. The first-order valence-corrected chi connectivity index (χ1v) is 6.75. The molecule has 9 heteroatoms. The number of anilines is 1. The topological polar surface area (TPSA) is 60.6 Å². The van der Waals surface area contributed by atoms with Gasteiger partial charge in [-0.25, -0.2) is 22.8 Å². The van der Waals surface area contributed by atoms with E-state index in [4.69, 9.17) is 0 Å². The van der Waals surface area contributed by atoms with Gasteiger partial charge in [-0.15, -0.1) is 5.10 Å². The van der Waals surface area contributed by atoms with Crippen LogP contribution in [0.3, 0.4) is 0 Å². The van der Waals surface area contributed by atoms with E-state index in [2.05, 4.69) is 20.5 Å². The van der Waals surface area contributed by atoms with Gasteiger partial charge in [0.05, 0.1) is 0 Å². The first kappa shape index (κ1) is 15.1. The highest BCUT2D eigenvalue weighted by atomic mass is 19.3. The predicted octanol–water partition coefficient (Wildman–Crippen LogP) is 2.69. The number of nitrogens with zero attached hydrogens (tertiary/aromatic N) is 5. The first-order valence-electron chi connectivity index (χ1n) is 6.75. The van der Waals surface area contributed by atoms with Gasteiger partial charge in [0, 0.05) is 43.8 Å². The summed E-state index contributed by atoms with van der Waals surface area (Å²) in [5, 5.41) is 10.8. The van der Waals surface area contributed by atoms with E-state index < -0.39 is 12.2 Å². The van der Waals surface area contributed by atoms with Gasteiger partial charge in [0.25, 0.3) is 6.43 Å². The number of hydrogen-bond acceptors (Lipinski definition) is 4. The van der Waals surface area contributed by atoms with Gasteiger partial charge in [-0.1, -0.05) is 0 Å². The molecule has 0 unspecified atom stereocenters. The predicted molar refractivity (Wildman–Crippen MR) is 76.8 cm³/mol. The fourth-order valence-corrected chi connectivity index (χ4v) is 2.14. The zero-order chi connectivity index (χ0) is 16.4. The van der Waals surface area contributed by atoms with Crippen LogP contribution in [0.5, 0.6) is 0 Å². The van der Waals surface area contributed by atoms with Gasteiger partial charge in [-0.05, 0) is 12.1 Å². The number of aryl methyl sites for hydroxylation is 1. The Balaban J connectivity index is 1.74. The summed E-state index contributed by atoms with van der Waals surface area (Å²) in [5.41, 5.74) is 0.108. The van der Waals surface area contributed by atoms with Gasteiger partial charge in [-0.2, -0.15) is 5.10 Å². The number of rotatable bonds is 5. The van der Waals surface area contributed by atoms with Crippen molar-refractivity contribution in [2.75, 3.05) is 5.32 Å². The molecule has 0 spiro atoms. The minimum Gasteiger partial charge on any atom is -0.364 e. The third kappa shape index (κ3) is 3.17. The molecule has 0 fully saturated rings. The molecule has 3 aromatic heterocycles. The number of nitrogens with one attached hydrogen (secondary N) is 1. The lowest BCUT2D eigenvalue weighted by Gasteiger charge is -2.04. The highest BCUT2D eigenvalue weighted by Gasteiger charge is 2.17. The van der Waals surface area contributed by atoms with Gasteiger partial charge < -0.3 is 5.32 Å². The quantitative estimate of drug-likeness (QED) is 0.784. The molecular formula is C14H13F3N6. The maximum atomic E-state index is 13.6. The van der Waals surface area contributed by atoms with Crippen molar-refractivity contribution in [2.24, 2.45) is 7.05 Å². The van der Waals surface area contributed by atoms with Crippen LogP contribution >= 0.6 is 0 Å². The molecule has 23 heavy (non-hydrogen) atoms. The van der Waals surface area contributed by atoms with Crippen molar-refractivity contribution in [2.45, 2.75) is 13.0 Å². The molecular weight excluding hydrogens is 309 g/mol. The van der Waals surface area contributed by atoms with Crippen LogP contribution < -0.4 is 5.32 Å². The minimum atomic E-state index is -2.65. The van der Waals surface area contributed by atoms with Crippen molar-refractivity contribution in [1.82, 2.24) is 24.5 Å². The molecule has 0 aliphatic carbocycles. The Morgan fingerprint density at radius 2 is 2.09 bits per heavy atom. The van der Waals surface area contributed by atoms with Crippen molar-refractivity contribution in [3.05, 3.63) is 53.9 Å². The maximum absolute atomic E-state index is 13.6. The number of hydrogen-bond donors (Lipinski definition) is 1.